The summed E-state index contributed by atoms with van der Waals surface area (Å²) in [6, 6.07) is 7.75. The molecular weight excluding hydrogens is 746 g/mol. The SMILES string of the molecule is CNC(=O)OCC#Cc1ccc(OCc2nnc(SC3(S)C(S)(S)C(S)(S)C(S)(S)C3(S)S)n2-c2cccnc2)cc1F. The van der Waals surface area contributed by atoms with Gasteiger partial charge in [0.15, 0.2) is 17.6 Å². The molecule has 2 heterocycles. The van der Waals surface area contributed by atoms with Crippen LogP contribution in [-0.4, -0.2) is 59.9 Å². The topological polar surface area (TPSA) is 91.2 Å². The number of ether oxygens (including phenoxy) is 2. The van der Waals surface area contributed by atoms with E-state index in [0.29, 0.717) is 16.7 Å². The molecule has 1 saturated carbocycles. The highest BCUT2D eigenvalue weighted by atomic mass is 32.2. The first-order chi connectivity index (χ1) is 20.0. The first kappa shape index (κ1) is 35.4. The van der Waals surface area contributed by atoms with Crippen LogP contribution in [0.5, 0.6) is 5.75 Å². The zero-order chi connectivity index (χ0) is 31.8. The van der Waals surface area contributed by atoms with Crippen molar-refractivity contribution in [3.05, 3.63) is 59.9 Å². The fourth-order valence-electron chi connectivity index (χ4n) is 3.82. The molecule has 0 saturated heterocycles. The Balaban J connectivity index is 1.63. The monoisotopic (exact) mass is 769 g/mol. The normalized spacial score (nSPS) is 18.8. The van der Waals surface area contributed by atoms with Crippen molar-refractivity contribution in [2.24, 2.45) is 0 Å². The third-order valence-electron chi connectivity index (χ3n) is 6.26. The number of carbonyl (C=O) groups is 1. The predicted octanol–water partition coefficient (Wildman–Crippen LogP) is 5.04. The summed E-state index contributed by atoms with van der Waals surface area (Å²) in [5.41, 5.74) is 0.719. The number of thiol groups is 9. The van der Waals surface area contributed by atoms with Crippen LogP contribution in [0.25, 0.3) is 5.69 Å². The minimum absolute atomic E-state index is 0.0988. The fraction of sp³-hybridized carbons (Fsp3) is 0.333. The van der Waals surface area contributed by atoms with Crippen LogP contribution >= 0.6 is 125 Å². The highest BCUT2D eigenvalue weighted by Crippen LogP contribution is 2.78. The van der Waals surface area contributed by atoms with E-state index in [9.17, 15) is 9.18 Å². The molecule has 3 aromatic rings. The molecule has 0 radical (unpaired) electrons. The molecule has 1 aliphatic rings. The van der Waals surface area contributed by atoms with E-state index in [2.05, 4.69) is 32.3 Å². The van der Waals surface area contributed by atoms with Crippen LogP contribution in [-0.2, 0) is 11.3 Å². The second-order valence-electron chi connectivity index (χ2n) is 8.94. The minimum Gasteiger partial charge on any atom is -0.485 e. The molecule has 230 valence electrons. The van der Waals surface area contributed by atoms with Gasteiger partial charge in [-0.1, -0.05) is 23.6 Å². The van der Waals surface area contributed by atoms with Crippen molar-refractivity contribution in [1.82, 2.24) is 25.1 Å². The average molecular weight is 770 g/mol. The number of nitrogens with one attached hydrogen (secondary N) is 1. The number of nitrogens with zero attached hydrogens (tertiary/aromatic N) is 4. The number of amides is 1. The Morgan fingerprint density at radius 2 is 1.70 bits per heavy atom. The van der Waals surface area contributed by atoms with Crippen LogP contribution in [0.2, 0.25) is 0 Å². The number of pyridine rings is 1. The number of carbonyl (C=O) groups excluding carboxylic acids is 1. The fourth-order valence-corrected chi connectivity index (χ4v) is 10.6. The average Bonchev–Trinajstić information content (AvgIpc) is 3.37. The Kier molecular flexibility index (Phi) is 11.0. The van der Waals surface area contributed by atoms with Gasteiger partial charge >= 0.3 is 6.09 Å². The molecule has 1 N–H and O–H groups in total. The van der Waals surface area contributed by atoms with E-state index >= 15 is 0 Å². The van der Waals surface area contributed by atoms with Crippen LogP contribution in [0.3, 0.4) is 0 Å². The molecule has 1 aromatic carbocycles. The number of hydrogen-bond donors (Lipinski definition) is 10. The first-order valence-corrected chi connectivity index (χ1v) is 16.7. The Hall–Kier alpha value is -0.430. The molecule has 8 nitrogen and oxygen atoms in total. The Morgan fingerprint density at radius 1 is 1.02 bits per heavy atom. The van der Waals surface area contributed by atoms with E-state index in [1.54, 1.807) is 35.2 Å². The number of thioether (sulfide) groups is 1. The number of hydrogen-bond acceptors (Lipinski definition) is 16. The van der Waals surface area contributed by atoms with Crippen LogP contribution in [0, 0.1) is 17.7 Å². The lowest BCUT2D eigenvalue weighted by atomic mass is 10.2. The summed E-state index contributed by atoms with van der Waals surface area (Å²) >= 11 is 44.1. The summed E-state index contributed by atoms with van der Waals surface area (Å²) in [5.74, 6) is 5.16. The molecule has 0 unspecified atom stereocenters. The Morgan fingerprint density at radius 3 is 2.28 bits per heavy atom. The molecule has 0 aliphatic heterocycles. The van der Waals surface area contributed by atoms with E-state index in [-0.39, 0.29) is 24.5 Å². The quantitative estimate of drug-likeness (QED) is 0.0937. The van der Waals surface area contributed by atoms with Gasteiger partial charge in [0.2, 0.25) is 0 Å². The number of rotatable bonds is 7. The van der Waals surface area contributed by atoms with Gasteiger partial charge in [0.05, 0.1) is 17.4 Å². The van der Waals surface area contributed by atoms with Gasteiger partial charge in [-0.15, -0.1) is 10.2 Å². The van der Waals surface area contributed by atoms with E-state index in [0.717, 1.165) is 11.8 Å². The van der Waals surface area contributed by atoms with Crippen LogP contribution in [0.1, 0.15) is 11.4 Å². The zero-order valence-corrected chi connectivity index (χ0v) is 30.6. The van der Waals surface area contributed by atoms with Crippen molar-refractivity contribution >= 4 is 132 Å². The lowest BCUT2D eigenvalue weighted by Gasteiger charge is -2.43. The van der Waals surface area contributed by atoms with Gasteiger partial charge in [0.1, 0.15) is 38.6 Å². The van der Waals surface area contributed by atoms with E-state index in [1.807, 2.05) is 0 Å². The van der Waals surface area contributed by atoms with Gasteiger partial charge in [0.25, 0.3) is 0 Å². The Bertz CT molecular complexity index is 1550. The second-order valence-corrected chi connectivity index (χ2v) is 17.9. The minimum atomic E-state index is -1.40. The lowest BCUT2D eigenvalue weighted by Crippen LogP contribution is -2.49. The second kappa shape index (κ2) is 13.4. The number of halogens is 1. The molecule has 0 atom stereocenters. The van der Waals surface area contributed by atoms with Crippen molar-refractivity contribution in [1.29, 1.82) is 0 Å². The third-order valence-corrected chi connectivity index (χ3v) is 17.4. The van der Waals surface area contributed by atoms with Crippen molar-refractivity contribution in [2.75, 3.05) is 13.7 Å². The van der Waals surface area contributed by atoms with E-state index in [1.165, 1.54) is 19.2 Å². The molecule has 1 aliphatic carbocycles. The number of alkyl carbamates (subject to hydrolysis) is 1. The summed E-state index contributed by atoms with van der Waals surface area (Å²) in [6.45, 7) is -0.289. The summed E-state index contributed by atoms with van der Waals surface area (Å²) in [7, 11) is 1.42. The van der Waals surface area contributed by atoms with Crippen molar-refractivity contribution in [3.8, 4) is 23.3 Å². The van der Waals surface area contributed by atoms with E-state index < -0.39 is 32.3 Å². The highest BCUT2D eigenvalue weighted by Gasteiger charge is 2.81. The van der Waals surface area contributed by atoms with Gasteiger partial charge in [0, 0.05) is 19.3 Å². The molecule has 2 aromatic heterocycles. The maximum Gasteiger partial charge on any atom is 0.407 e. The van der Waals surface area contributed by atoms with Gasteiger partial charge < -0.3 is 14.8 Å². The number of aromatic nitrogens is 4. The van der Waals surface area contributed by atoms with Crippen molar-refractivity contribution < 1.29 is 18.7 Å². The standard InChI is InChI=1S/C24H24FN5O3S10/c1-26-19(31)32-9-3-4-13-6-7-15(10-16(13)25)33-12-17-28-29-18(30(17)14-5-2-8-27-11-14)43-24(42)22(38,39)20(34,35)21(36,37)23(24,40)41/h2,5-8,10-11,34-42H,9,12H2,1H3,(H,26,31). The molecular formula is C24H24FN5O3S10. The molecule has 43 heavy (non-hydrogen) atoms. The summed E-state index contributed by atoms with van der Waals surface area (Å²) in [4.78, 5) is 15.3. The molecule has 0 spiro atoms. The first-order valence-electron chi connectivity index (χ1n) is 11.8. The zero-order valence-electron chi connectivity index (χ0n) is 21.8. The highest BCUT2D eigenvalue weighted by molar-refractivity contribution is 8.21. The molecule has 1 fully saturated rings. The predicted molar refractivity (Wildman–Crippen MR) is 198 cm³/mol. The smallest absolute Gasteiger partial charge is 0.407 e. The lowest BCUT2D eigenvalue weighted by molar-refractivity contribution is 0.162. The summed E-state index contributed by atoms with van der Waals surface area (Å²) < 4.78 is 20.2. The van der Waals surface area contributed by atoms with Gasteiger partial charge in [-0.2, -0.15) is 114 Å². The molecule has 0 bridgehead atoms. The van der Waals surface area contributed by atoms with Gasteiger partial charge in [-0.25, -0.2) is 9.18 Å². The largest absolute Gasteiger partial charge is 0.485 e. The van der Waals surface area contributed by atoms with E-state index in [4.69, 9.17) is 123 Å². The maximum atomic E-state index is 14.7. The molecule has 4 rings (SSSR count). The Labute approximate surface area is 301 Å². The van der Waals surface area contributed by atoms with Gasteiger partial charge in [-0.3, -0.25) is 9.55 Å². The molecule has 1 amide bonds. The van der Waals surface area contributed by atoms with Crippen LogP contribution in [0.15, 0.2) is 47.9 Å². The van der Waals surface area contributed by atoms with Crippen molar-refractivity contribution in [3.63, 3.8) is 0 Å². The van der Waals surface area contributed by atoms with Gasteiger partial charge in [-0.05, 0) is 24.3 Å². The summed E-state index contributed by atoms with van der Waals surface area (Å²) in [5, 5.41) is 11.3. The maximum absolute atomic E-state index is 14.7. The number of benzene rings is 1. The van der Waals surface area contributed by atoms with Crippen LogP contribution in [0.4, 0.5) is 9.18 Å². The summed E-state index contributed by atoms with van der Waals surface area (Å²) in [6.07, 6.45) is 2.60. The third kappa shape index (κ3) is 6.31. The molecule has 19 heteroatoms. The van der Waals surface area contributed by atoms with Crippen molar-refractivity contribution in [2.45, 2.75) is 32.2 Å². The van der Waals surface area contributed by atoms with Crippen LogP contribution < -0.4 is 10.1 Å².